The average molecular weight is 263 g/mol. The molecule has 18 heavy (non-hydrogen) atoms. The molecule has 1 N–H and O–H groups in total. The van der Waals surface area contributed by atoms with E-state index >= 15 is 0 Å². The highest BCUT2D eigenvalue weighted by Gasteiger charge is 2.18. The zero-order valence-corrected chi connectivity index (χ0v) is 12.0. The van der Waals surface area contributed by atoms with Crippen molar-refractivity contribution in [2.24, 2.45) is 4.99 Å². The van der Waals surface area contributed by atoms with E-state index in [-0.39, 0.29) is 0 Å². The van der Waals surface area contributed by atoms with Crippen LogP contribution in [0.1, 0.15) is 37.9 Å². The van der Waals surface area contributed by atoms with Crippen LogP contribution < -0.4 is 5.32 Å². The Labute approximate surface area is 113 Å². The van der Waals surface area contributed by atoms with E-state index in [1.54, 1.807) is 0 Å². The van der Waals surface area contributed by atoms with Gasteiger partial charge in [-0.15, -0.1) is 0 Å². The Balaban J connectivity index is 1.85. The lowest BCUT2D eigenvalue weighted by Crippen LogP contribution is -2.20. The summed E-state index contributed by atoms with van der Waals surface area (Å²) in [4.78, 5) is 8.99. The third-order valence-electron chi connectivity index (χ3n) is 3.10. The summed E-state index contributed by atoms with van der Waals surface area (Å²) in [5.74, 6) is 0. The first-order chi connectivity index (χ1) is 8.83. The van der Waals surface area contributed by atoms with Crippen molar-refractivity contribution in [3.8, 4) is 0 Å². The molecular formula is C14H21N3S. The first-order valence-electron chi connectivity index (χ1n) is 6.71. The summed E-state index contributed by atoms with van der Waals surface area (Å²) in [7, 11) is 0. The van der Waals surface area contributed by atoms with Crippen LogP contribution in [0.15, 0.2) is 23.3 Å². The molecule has 2 heterocycles. The van der Waals surface area contributed by atoms with Crippen molar-refractivity contribution in [1.82, 2.24) is 10.3 Å². The second kappa shape index (κ2) is 6.78. The van der Waals surface area contributed by atoms with E-state index in [1.807, 2.05) is 24.0 Å². The van der Waals surface area contributed by atoms with Gasteiger partial charge in [0.05, 0.1) is 18.8 Å². The smallest absolute Gasteiger partial charge is 0.157 e. The van der Waals surface area contributed by atoms with Crippen LogP contribution in [0.25, 0.3) is 0 Å². The van der Waals surface area contributed by atoms with E-state index < -0.39 is 0 Å². The molecular weight excluding hydrogens is 242 g/mol. The number of aryl methyl sites for hydroxylation is 1. The maximum absolute atomic E-state index is 4.55. The lowest BCUT2D eigenvalue weighted by atomic mass is 10.1. The van der Waals surface area contributed by atoms with Gasteiger partial charge in [0.15, 0.2) is 5.17 Å². The van der Waals surface area contributed by atoms with Crippen LogP contribution in [-0.4, -0.2) is 21.9 Å². The van der Waals surface area contributed by atoms with Crippen molar-refractivity contribution < 1.29 is 0 Å². The lowest BCUT2D eigenvalue weighted by molar-refractivity contribution is 0.753. The predicted octanol–water partition coefficient (Wildman–Crippen LogP) is 3.01. The monoisotopic (exact) mass is 263 g/mol. The maximum atomic E-state index is 4.55. The number of hydrogen-bond acceptors (Lipinski definition) is 4. The third-order valence-corrected chi connectivity index (χ3v) is 4.31. The van der Waals surface area contributed by atoms with Crippen LogP contribution in [-0.2, 0) is 13.0 Å². The Hall–Kier alpha value is -1.03. The molecule has 0 saturated carbocycles. The fourth-order valence-corrected chi connectivity index (χ4v) is 3.22. The Bertz CT molecular complexity index is 417. The second-order valence-corrected chi connectivity index (χ2v) is 5.78. The Kier molecular flexibility index (Phi) is 5.05. The standard InChI is InChI=1S/C14H21N3S/c1-3-6-12-9-16-14(18-12)17-10-13-11(4-2)7-5-8-15-13/h5,7-8,12H,3-4,6,9-10H2,1-2H3,(H,16,17). The normalized spacial score (nSPS) is 18.8. The quantitative estimate of drug-likeness (QED) is 0.887. The topological polar surface area (TPSA) is 37.3 Å². The summed E-state index contributed by atoms with van der Waals surface area (Å²) in [5, 5.41) is 5.17. The minimum Gasteiger partial charge on any atom is -0.359 e. The van der Waals surface area contributed by atoms with Gasteiger partial charge in [0.25, 0.3) is 0 Å². The average Bonchev–Trinajstić information content (AvgIpc) is 2.85. The van der Waals surface area contributed by atoms with Crippen molar-refractivity contribution in [2.75, 3.05) is 6.54 Å². The van der Waals surface area contributed by atoms with Gasteiger partial charge in [-0.1, -0.05) is 38.1 Å². The molecule has 2 rings (SSSR count). The molecule has 0 radical (unpaired) electrons. The van der Waals surface area contributed by atoms with Crippen molar-refractivity contribution in [3.05, 3.63) is 29.6 Å². The van der Waals surface area contributed by atoms with Crippen LogP contribution in [0.5, 0.6) is 0 Å². The molecule has 1 aliphatic heterocycles. The van der Waals surface area contributed by atoms with Crippen LogP contribution >= 0.6 is 11.8 Å². The Morgan fingerprint density at radius 3 is 3.11 bits per heavy atom. The summed E-state index contributed by atoms with van der Waals surface area (Å²) >= 11 is 1.88. The molecule has 0 saturated heterocycles. The zero-order chi connectivity index (χ0) is 12.8. The Morgan fingerprint density at radius 2 is 2.33 bits per heavy atom. The number of nitrogens with one attached hydrogen (secondary N) is 1. The molecule has 4 heteroatoms. The van der Waals surface area contributed by atoms with Gasteiger partial charge < -0.3 is 5.32 Å². The minimum absolute atomic E-state index is 0.673. The van der Waals surface area contributed by atoms with E-state index in [2.05, 4.69) is 35.2 Å². The number of aromatic nitrogens is 1. The molecule has 0 aromatic carbocycles. The maximum Gasteiger partial charge on any atom is 0.157 e. The fraction of sp³-hybridized carbons (Fsp3) is 0.571. The van der Waals surface area contributed by atoms with Crippen molar-refractivity contribution in [2.45, 2.75) is 44.9 Å². The van der Waals surface area contributed by atoms with Crippen LogP contribution in [0.4, 0.5) is 0 Å². The van der Waals surface area contributed by atoms with E-state index in [0.717, 1.165) is 30.4 Å². The van der Waals surface area contributed by atoms with Gasteiger partial charge in [-0.2, -0.15) is 0 Å². The van der Waals surface area contributed by atoms with Gasteiger partial charge >= 0.3 is 0 Å². The van der Waals surface area contributed by atoms with E-state index in [0.29, 0.717) is 5.25 Å². The van der Waals surface area contributed by atoms with Crippen molar-refractivity contribution in [1.29, 1.82) is 0 Å². The number of pyridine rings is 1. The number of nitrogens with zero attached hydrogens (tertiary/aromatic N) is 2. The first kappa shape index (κ1) is 13.4. The minimum atomic E-state index is 0.673. The fourth-order valence-electron chi connectivity index (χ4n) is 2.10. The molecule has 0 fully saturated rings. The van der Waals surface area contributed by atoms with Crippen LogP contribution in [0.2, 0.25) is 0 Å². The zero-order valence-electron chi connectivity index (χ0n) is 11.1. The molecule has 0 bridgehead atoms. The number of aliphatic imine (C=N–C) groups is 1. The van der Waals surface area contributed by atoms with Gasteiger partial charge in [0, 0.05) is 11.4 Å². The van der Waals surface area contributed by atoms with Crippen molar-refractivity contribution in [3.63, 3.8) is 0 Å². The van der Waals surface area contributed by atoms with Gasteiger partial charge in [-0.05, 0) is 24.5 Å². The molecule has 1 aliphatic rings. The third kappa shape index (κ3) is 3.48. The van der Waals surface area contributed by atoms with Gasteiger partial charge in [-0.3, -0.25) is 9.98 Å². The highest BCUT2D eigenvalue weighted by molar-refractivity contribution is 8.14. The van der Waals surface area contributed by atoms with Crippen LogP contribution in [0, 0.1) is 0 Å². The number of rotatable bonds is 5. The number of thioether (sulfide) groups is 1. The highest BCUT2D eigenvalue weighted by Crippen LogP contribution is 2.23. The summed E-state index contributed by atoms with van der Waals surface area (Å²) in [6.45, 7) is 6.14. The predicted molar refractivity (Wildman–Crippen MR) is 79.0 cm³/mol. The Morgan fingerprint density at radius 1 is 1.44 bits per heavy atom. The molecule has 1 unspecified atom stereocenters. The lowest BCUT2D eigenvalue weighted by Gasteiger charge is -2.09. The SMILES string of the molecule is CCCC1CN=C(NCc2ncccc2CC)S1. The summed E-state index contributed by atoms with van der Waals surface area (Å²) < 4.78 is 0. The van der Waals surface area contributed by atoms with Crippen molar-refractivity contribution >= 4 is 16.9 Å². The highest BCUT2D eigenvalue weighted by atomic mass is 32.2. The van der Waals surface area contributed by atoms with Gasteiger partial charge in [0.1, 0.15) is 0 Å². The largest absolute Gasteiger partial charge is 0.359 e. The molecule has 0 amide bonds. The first-order valence-corrected chi connectivity index (χ1v) is 7.59. The number of hydrogen-bond donors (Lipinski definition) is 1. The van der Waals surface area contributed by atoms with E-state index in [9.17, 15) is 0 Å². The summed E-state index contributed by atoms with van der Waals surface area (Å²) in [6, 6.07) is 4.15. The molecule has 98 valence electrons. The second-order valence-electron chi connectivity index (χ2n) is 4.49. The molecule has 1 atom stereocenters. The molecule has 3 nitrogen and oxygen atoms in total. The number of amidine groups is 1. The van der Waals surface area contributed by atoms with Gasteiger partial charge in [-0.25, -0.2) is 0 Å². The van der Waals surface area contributed by atoms with E-state index in [1.165, 1.54) is 18.4 Å². The van der Waals surface area contributed by atoms with E-state index in [4.69, 9.17) is 0 Å². The molecule has 1 aromatic rings. The molecule has 1 aromatic heterocycles. The van der Waals surface area contributed by atoms with Crippen LogP contribution in [0.3, 0.4) is 0 Å². The molecule has 0 spiro atoms. The summed E-state index contributed by atoms with van der Waals surface area (Å²) in [5.41, 5.74) is 2.46. The summed E-state index contributed by atoms with van der Waals surface area (Å²) in [6.07, 6.45) is 5.38. The van der Waals surface area contributed by atoms with Gasteiger partial charge in [0.2, 0.25) is 0 Å². The molecule has 0 aliphatic carbocycles.